The lowest BCUT2D eigenvalue weighted by Gasteiger charge is -2.06. The number of non-ortho nitro benzene ring substituents is 1. The second-order valence-electron chi connectivity index (χ2n) is 4.52. The van der Waals surface area contributed by atoms with E-state index in [0.717, 1.165) is 5.39 Å². The number of fused-ring (bicyclic) bond motifs is 1. The molecule has 2 aromatic carbocycles. The molecule has 0 radical (unpaired) electrons. The molecule has 22 heavy (non-hydrogen) atoms. The van der Waals surface area contributed by atoms with Crippen LogP contribution in [0.15, 0.2) is 60.8 Å². The third-order valence-corrected chi connectivity index (χ3v) is 3.11. The summed E-state index contributed by atoms with van der Waals surface area (Å²) in [6, 6.07) is 14.2. The zero-order valence-corrected chi connectivity index (χ0v) is 11.3. The zero-order valence-electron chi connectivity index (χ0n) is 11.3. The van der Waals surface area contributed by atoms with E-state index < -0.39 is 10.9 Å². The number of carbonyl (C=O) groups is 1. The highest BCUT2D eigenvalue weighted by Gasteiger charge is 2.13. The highest BCUT2D eigenvalue weighted by molar-refractivity contribution is 5.94. The van der Waals surface area contributed by atoms with Gasteiger partial charge in [-0.2, -0.15) is 0 Å². The second-order valence-corrected chi connectivity index (χ2v) is 4.52. The average molecular weight is 294 g/mol. The molecule has 0 saturated carbocycles. The topological polar surface area (TPSA) is 82.3 Å². The normalized spacial score (nSPS) is 10.4. The molecule has 108 valence electrons. The van der Waals surface area contributed by atoms with Crippen molar-refractivity contribution in [1.29, 1.82) is 0 Å². The number of nitrogens with zero attached hydrogens (tertiary/aromatic N) is 2. The summed E-state index contributed by atoms with van der Waals surface area (Å²) in [5.41, 5.74) is 0.738. The lowest BCUT2D eigenvalue weighted by atomic mass is 10.2. The van der Waals surface area contributed by atoms with Gasteiger partial charge in [-0.05, 0) is 24.3 Å². The molecule has 6 nitrogen and oxygen atoms in total. The third-order valence-electron chi connectivity index (χ3n) is 3.11. The third kappa shape index (κ3) is 2.62. The predicted molar refractivity (Wildman–Crippen MR) is 79.8 cm³/mol. The van der Waals surface area contributed by atoms with Crippen LogP contribution in [0.1, 0.15) is 10.4 Å². The summed E-state index contributed by atoms with van der Waals surface area (Å²) in [5.74, 6) is -0.241. The standard InChI is InChI=1S/C16H10N2O4/c19-16(12-6-8-13(9-7-12)18(20)21)22-14-5-1-3-11-4-2-10-17-15(11)14/h1-10H. The molecular weight excluding hydrogens is 284 g/mol. The Morgan fingerprint density at radius 3 is 2.50 bits per heavy atom. The number of carbonyl (C=O) groups excluding carboxylic acids is 1. The van der Waals surface area contributed by atoms with Crippen LogP contribution in [0.2, 0.25) is 0 Å². The van der Waals surface area contributed by atoms with E-state index in [1.54, 1.807) is 24.4 Å². The van der Waals surface area contributed by atoms with Gasteiger partial charge >= 0.3 is 5.97 Å². The maximum atomic E-state index is 12.1. The molecule has 0 amide bonds. The molecule has 0 unspecified atom stereocenters. The minimum Gasteiger partial charge on any atom is -0.421 e. The van der Waals surface area contributed by atoms with Crippen LogP contribution in [-0.4, -0.2) is 15.9 Å². The van der Waals surface area contributed by atoms with Crippen LogP contribution in [0, 0.1) is 10.1 Å². The first kappa shape index (κ1) is 13.7. The first-order valence-electron chi connectivity index (χ1n) is 6.45. The van der Waals surface area contributed by atoms with Gasteiger partial charge in [0.05, 0.1) is 10.5 Å². The van der Waals surface area contributed by atoms with Gasteiger partial charge in [0.25, 0.3) is 5.69 Å². The lowest BCUT2D eigenvalue weighted by Crippen LogP contribution is -2.09. The van der Waals surface area contributed by atoms with Gasteiger partial charge in [-0.15, -0.1) is 0 Å². The SMILES string of the molecule is O=C(Oc1cccc2cccnc12)c1ccc([N+](=O)[O-])cc1. The number of ether oxygens (including phenoxy) is 1. The number of para-hydroxylation sites is 1. The van der Waals surface area contributed by atoms with Crippen LogP contribution in [-0.2, 0) is 0 Å². The molecule has 0 spiro atoms. The van der Waals surface area contributed by atoms with Crippen molar-refractivity contribution in [3.8, 4) is 5.75 Å². The van der Waals surface area contributed by atoms with Crippen molar-refractivity contribution < 1.29 is 14.5 Å². The Morgan fingerprint density at radius 2 is 1.77 bits per heavy atom. The van der Waals surface area contributed by atoms with Crippen molar-refractivity contribution in [3.63, 3.8) is 0 Å². The summed E-state index contributed by atoms with van der Waals surface area (Å²) in [7, 11) is 0. The van der Waals surface area contributed by atoms with Crippen molar-refractivity contribution in [2.24, 2.45) is 0 Å². The number of hydrogen-bond donors (Lipinski definition) is 0. The summed E-state index contributed by atoms with van der Waals surface area (Å²) in [4.78, 5) is 26.4. The maximum absolute atomic E-state index is 12.1. The maximum Gasteiger partial charge on any atom is 0.343 e. The average Bonchev–Trinajstić information content (AvgIpc) is 2.55. The summed E-state index contributed by atoms with van der Waals surface area (Å²) in [6.45, 7) is 0. The van der Waals surface area contributed by atoms with Crippen LogP contribution in [0.25, 0.3) is 10.9 Å². The molecular formula is C16H10N2O4. The highest BCUT2D eigenvalue weighted by atomic mass is 16.6. The number of esters is 1. The summed E-state index contributed by atoms with van der Waals surface area (Å²) >= 11 is 0. The van der Waals surface area contributed by atoms with E-state index in [1.807, 2.05) is 12.1 Å². The first-order chi connectivity index (χ1) is 10.6. The van der Waals surface area contributed by atoms with Gasteiger partial charge in [0.2, 0.25) is 0 Å². The van der Waals surface area contributed by atoms with Crippen LogP contribution >= 0.6 is 0 Å². The number of hydrogen-bond acceptors (Lipinski definition) is 5. The van der Waals surface area contributed by atoms with E-state index in [2.05, 4.69) is 4.98 Å². The molecule has 0 atom stereocenters. The number of pyridine rings is 1. The summed E-state index contributed by atoms with van der Waals surface area (Å²) < 4.78 is 5.34. The van der Waals surface area contributed by atoms with E-state index in [1.165, 1.54) is 24.3 Å². The molecule has 3 rings (SSSR count). The van der Waals surface area contributed by atoms with E-state index in [4.69, 9.17) is 4.74 Å². The Morgan fingerprint density at radius 1 is 1.05 bits per heavy atom. The first-order valence-corrected chi connectivity index (χ1v) is 6.45. The monoisotopic (exact) mass is 294 g/mol. The number of nitro groups is 1. The number of nitro benzene ring substituents is 1. The molecule has 1 aromatic heterocycles. The van der Waals surface area contributed by atoms with E-state index in [-0.39, 0.29) is 11.3 Å². The Labute approximate surface area is 125 Å². The van der Waals surface area contributed by atoms with E-state index >= 15 is 0 Å². The minimum atomic E-state index is -0.590. The molecule has 6 heteroatoms. The molecule has 0 fully saturated rings. The summed E-state index contributed by atoms with van der Waals surface area (Å²) in [5, 5.41) is 11.5. The van der Waals surface area contributed by atoms with Crippen molar-refractivity contribution in [1.82, 2.24) is 4.98 Å². The van der Waals surface area contributed by atoms with Crippen LogP contribution in [0.3, 0.4) is 0 Å². The fourth-order valence-electron chi connectivity index (χ4n) is 2.04. The van der Waals surface area contributed by atoms with Crippen LogP contribution in [0.5, 0.6) is 5.75 Å². The van der Waals surface area contributed by atoms with Crippen LogP contribution in [0.4, 0.5) is 5.69 Å². The molecule has 3 aromatic rings. The number of aromatic nitrogens is 1. The smallest absolute Gasteiger partial charge is 0.343 e. The van der Waals surface area contributed by atoms with Crippen LogP contribution < -0.4 is 4.74 Å². The Hall–Kier alpha value is -3.28. The minimum absolute atomic E-state index is 0.0802. The Kier molecular flexibility index (Phi) is 3.49. The lowest BCUT2D eigenvalue weighted by molar-refractivity contribution is -0.384. The van der Waals surface area contributed by atoms with Crippen molar-refractivity contribution in [2.45, 2.75) is 0 Å². The summed E-state index contributed by atoms with van der Waals surface area (Å²) in [6.07, 6.45) is 1.62. The molecule has 0 N–H and O–H groups in total. The Bertz CT molecular complexity index is 854. The molecule has 0 aliphatic rings. The van der Waals surface area contributed by atoms with Crippen molar-refractivity contribution in [2.75, 3.05) is 0 Å². The quantitative estimate of drug-likeness (QED) is 0.320. The molecule has 0 bridgehead atoms. The van der Waals surface area contributed by atoms with Gasteiger partial charge in [-0.25, -0.2) is 4.79 Å². The zero-order chi connectivity index (χ0) is 15.5. The van der Waals surface area contributed by atoms with Gasteiger partial charge < -0.3 is 4.74 Å². The largest absolute Gasteiger partial charge is 0.421 e. The number of rotatable bonds is 3. The molecule has 0 aliphatic carbocycles. The van der Waals surface area contributed by atoms with Gasteiger partial charge in [0, 0.05) is 23.7 Å². The van der Waals surface area contributed by atoms with Crippen molar-refractivity contribution >= 4 is 22.6 Å². The van der Waals surface area contributed by atoms with Gasteiger partial charge in [0.1, 0.15) is 5.52 Å². The second kappa shape index (κ2) is 5.61. The Balaban J connectivity index is 1.88. The molecule has 0 saturated heterocycles. The van der Waals surface area contributed by atoms with E-state index in [0.29, 0.717) is 11.3 Å². The van der Waals surface area contributed by atoms with Gasteiger partial charge in [-0.3, -0.25) is 15.1 Å². The fraction of sp³-hybridized carbons (Fsp3) is 0. The molecule has 0 aliphatic heterocycles. The van der Waals surface area contributed by atoms with E-state index in [9.17, 15) is 14.9 Å². The van der Waals surface area contributed by atoms with Gasteiger partial charge in [-0.1, -0.05) is 18.2 Å². The fourth-order valence-corrected chi connectivity index (χ4v) is 2.04. The molecule has 1 heterocycles. The predicted octanol–water partition coefficient (Wildman–Crippen LogP) is 3.36. The number of benzene rings is 2. The van der Waals surface area contributed by atoms with Gasteiger partial charge in [0.15, 0.2) is 5.75 Å². The van der Waals surface area contributed by atoms with Crippen molar-refractivity contribution in [3.05, 3.63) is 76.5 Å². The highest BCUT2D eigenvalue weighted by Crippen LogP contribution is 2.24.